The fraction of sp³-hybridized carbons (Fsp3) is 0.250. The van der Waals surface area contributed by atoms with Crippen LogP contribution in [0.4, 0.5) is 5.69 Å². The molecule has 0 saturated heterocycles. The lowest BCUT2D eigenvalue weighted by molar-refractivity contribution is 0.597. The summed E-state index contributed by atoms with van der Waals surface area (Å²) in [5, 5.41) is 0. The second kappa shape index (κ2) is 3.95. The van der Waals surface area contributed by atoms with Crippen LogP contribution in [0.5, 0.6) is 0 Å². The zero-order chi connectivity index (χ0) is 8.10. The molecule has 11 heavy (non-hydrogen) atoms. The smallest absolute Gasteiger partial charge is 0.0371 e. The molecule has 0 aliphatic rings. The van der Waals surface area contributed by atoms with Gasteiger partial charge in [0, 0.05) is 12.2 Å². The number of nitrogens with one attached hydrogen (secondary N) is 2. The standard InChI is InChI=1S/C8H13N3/c1-10-11-6-7-4-2-3-5-8(7)9/h2-5,10-11H,6,9H2,1H3. The van der Waals surface area contributed by atoms with Crippen molar-refractivity contribution in [1.82, 2.24) is 10.9 Å². The summed E-state index contributed by atoms with van der Waals surface area (Å²) in [4.78, 5) is 0. The molecule has 0 atom stereocenters. The number of hydrogen-bond donors (Lipinski definition) is 3. The van der Waals surface area contributed by atoms with E-state index in [1.807, 2.05) is 31.3 Å². The number of benzene rings is 1. The molecule has 0 saturated carbocycles. The van der Waals surface area contributed by atoms with E-state index >= 15 is 0 Å². The maximum Gasteiger partial charge on any atom is 0.0371 e. The molecule has 0 heterocycles. The highest BCUT2D eigenvalue weighted by Crippen LogP contribution is 2.08. The van der Waals surface area contributed by atoms with E-state index < -0.39 is 0 Å². The highest BCUT2D eigenvalue weighted by atomic mass is 15.3. The van der Waals surface area contributed by atoms with Crippen LogP contribution in [0.15, 0.2) is 24.3 Å². The van der Waals surface area contributed by atoms with Crippen molar-refractivity contribution in [3.8, 4) is 0 Å². The quantitative estimate of drug-likeness (QED) is 0.435. The molecule has 0 spiro atoms. The molecule has 1 rings (SSSR count). The first-order chi connectivity index (χ1) is 5.34. The predicted octanol–water partition coefficient (Wildman–Crippen LogP) is 0.493. The lowest BCUT2D eigenvalue weighted by Gasteiger charge is -2.04. The van der Waals surface area contributed by atoms with Gasteiger partial charge in [-0.25, -0.2) is 0 Å². The van der Waals surface area contributed by atoms with Crippen LogP contribution in [0.25, 0.3) is 0 Å². The Morgan fingerprint density at radius 3 is 2.73 bits per heavy atom. The number of hydrazine groups is 1. The summed E-state index contributed by atoms with van der Waals surface area (Å²) < 4.78 is 0. The highest BCUT2D eigenvalue weighted by Gasteiger charge is 1.93. The van der Waals surface area contributed by atoms with Crippen LogP contribution in [0.3, 0.4) is 0 Å². The topological polar surface area (TPSA) is 50.1 Å². The first kappa shape index (κ1) is 8.04. The van der Waals surface area contributed by atoms with Gasteiger partial charge in [-0.2, -0.15) is 0 Å². The van der Waals surface area contributed by atoms with Crippen molar-refractivity contribution in [3.05, 3.63) is 29.8 Å². The van der Waals surface area contributed by atoms with E-state index in [1.165, 1.54) is 0 Å². The number of anilines is 1. The molecule has 0 amide bonds. The molecule has 0 bridgehead atoms. The number of nitrogen functional groups attached to an aromatic ring is 1. The molecule has 1 aromatic rings. The first-order valence-electron chi connectivity index (χ1n) is 3.57. The minimum atomic E-state index is 0.753. The summed E-state index contributed by atoms with van der Waals surface area (Å²) in [6.45, 7) is 0.753. The number of nitrogens with two attached hydrogens (primary N) is 1. The van der Waals surface area contributed by atoms with Gasteiger partial charge in [0.05, 0.1) is 0 Å². The fourth-order valence-electron chi connectivity index (χ4n) is 0.879. The van der Waals surface area contributed by atoms with E-state index in [9.17, 15) is 0 Å². The average Bonchev–Trinajstić information content (AvgIpc) is 2.03. The molecule has 60 valence electrons. The Bertz CT molecular complexity index is 222. The Balaban J connectivity index is 2.62. The molecular formula is C8H13N3. The van der Waals surface area contributed by atoms with Crippen molar-refractivity contribution >= 4 is 5.69 Å². The third-order valence-electron chi connectivity index (χ3n) is 1.51. The van der Waals surface area contributed by atoms with Gasteiger partial charge in [-0.3, -0.25) is 10.9 Å². The van der Waals surface area contributed by atoms with Gasteiger partial charge in [-0.1, -0.05) is 18.2 Å². The third-order valence-corrected chi connectivity index (χ3v) is 1.51. The minimum absolute atomic E-state index is 0.753. The molecule has 0 radical (unpaired) electrons. The molecule has 0 unspecified atom stereocenters. The third kappa shape index (κ3) is 2.22. The van der Waals surface area contributed by atoms with Crippen LogP contribution in [0, 0.1) is 0 Å². The van der Waals surface area contributed by atoms with Crippen molar-refractivity contribution in [2.24, 2.45) is 0 Å². The summed E-state index contributed by atoms with van der Waals surface area (Å²) in [7, 11) is 1.83. The molecule has 0 aliphatic heterocycles. The maximum absolute atomic E-state index is 5.69. The first-order valence-corrected chi connectivity index (χ1v) is 3.57. The second-order valence-corrected chi connectivity index (χ2v) is 2.30. The molecule has 3 nitrogen and oxygen atoms in total. The van der Waals surface area contributed by atoms with Gasteiger partial charge in [-0.05, 0) is 18.7 Å². The van der Waals surface area contributed by atoms with Crippen LogP contribution in [-0.4, -0.2) is 7.05 Å². The highest BCUT2D eigenvalue weighted by molar-refractivity contribution is 5.46. The van der Waals surface area contributed by atoms with Crippen molar-refractivity contribution in [2.45, 2.75) is 6.54 Å². The Morgan fingerprint density at radius 1 is 1.36 bits per heavy atom. The Morgan fingerprint density at radius 2 is 2.09 bits per heavy atom. The molecular weight excluding hydrogens is 138 g/mol. The van der Waals surface area contributed by atoms with Gasteiger partial charge < -0.3 is 5.73 Å². The SMILES string of the molecule is CNNCc1ccccc1N. The minimum Gasteiger partial charge on any atom is -0.398 e. The van der Waals surface area contributed by atoms with Gasteiger partial charge in [0.2, 0.25) is 0 Å². The van der Waals surface area contributed by atoms with Crippen molar-refractivity contribution in [1.29, 1.82) is 0 Å². The molecule has 0 aromatic heterocycles. The number of para-hydroxylation sites is 1. The molecule has 0 fully saturated rings. The Labute approximate surface area is 66.6 Å². The van der Waals surface area contributed by atoms with Crippen molar-refractivity contribution in [3.63, 3.8) is 0 Å². The summed E-state index contributed by atoms with van der Waals surface area (Å²) in [5.74, 6) is 0. The van der Waals surface area contributed by atoms with Gasteiger partial charge >= 0.3 is 0 Å². The van der Waals surface area contributed by atoms with Crippen LogP contribution in [0.1, 0.15) is 5.56 Å². The van der Waals surface area contributed by atoms with Crippen molar-refractivity contribution in [2.75, 3.05) is 12.8 Å². The Kier molecular flexibility index (Phi) is 2.89. The summed E-state index contributed by atoms with van der Waals surface area (Å²) in [5.41, 5.74) is 13.4. The van der Waals surface area contributed by atoms with Crippen LogP contribution in [-0.2, 0) is 6.54 Å². The molecule has 3 heteroatoms. The number of rotatable bonds is 3. The van der Waals surface area contributed by atoms with Crippen molar-refractivity contribution < 1.29 is 0 Å². The van der Waals surface area contributed by atoms with E-state index in [2.05, 4.69) is 10.9 Å². The normalized spacial score (nSPS) is 9.91. The maximum atomic E-state index is 5.69. The van der Waals surface area contributed by atoms with Gasteiger partial charge in [0.25, 0.3) is 0 Å². The number of hydrogen-bond acceptors (Lipinski definition) is 3. The summed E-state index contributed by atoms with van der Waals surface area (Å²) in [6.07, 6.45) is 0. The lowest BCUT2D eigenvalue weighted by atomic mass is 10.2. The molecule has 4 N–H and O–H groups in total. The van der Waals surface area contributed by atoms with E-state index in [4.69, 9.17) is 5.73 Å². The molecule has 1 aromatic carbocycles. The van der Waals surface area contributed by atoms with Crippen LogP contribution in [0.2, 0.25) is 0 Å². The van der Waals surface area contributed by atoms with E-state index in [0.29, 0.717) is 0 Å². The van der Waals surface area contributed by atoms with Crippen LogP contribution < -0.4 is 16.6 Å². The van der Waals surface area contributed by atoms with Crippen LogP contribution >= 0.6 is 0 Å². The van der Waals surface area contributed by atoms with Gasteiger partial charge in [0.15, 0.2) is 0 Å². The zero-order valence-electron chi connectivity index (χ0n) is 6.59. The largest absolute Gasteiger partial charge is 0.398 e. The fourth-order valence-corrected chi connectivity index (χ4v) is 0.879. The molecule has 0 aliphatic carbocycles. The van der Waals surface area contributed by atoms with E-state index in [1.54, 1.807) is 0 Å². The van der Waals surface area contributed by atoms with E-state index in [-0.39, 0.29) is 0 Å². The monoisotopic (exact) mass is 151 g/mol. The average molecular weight is 151 g/mol. The van der Waals surface area contributed by atoms with Gasteiger partial charge in [0.1, 0.15) is 0 Å². The Hall–Kier alpha value is -1.06. The lowest BCUT2D eigenvalue weighted by Crippen LogP contribution is -2.26. The summed E-state index contributed by atoms with van der Waals surface area (Å²) >= 11 is 0. The van der Waals surface area contributed by atoms with E-state index in [0.717, 1.165) is 17.8 Å². The zero-order valence-corrected chi connectivity index (χ0v) is 6.59. The second-order valence-electron chi connectivity index (χ2n) is 2.30. The summed E-state index contributed by atoms with van der Waals surface area (Å²) in [6, 6.07) is 7.80. The predicted molar refractivity (Wildman–Crippen MR) is 46.8 cm³/mol. The van der Waals surface area contributed by atoms with Gasteiger partial charge in [-0.15, -0.1) is 0 Å².